The molecule has 4 heteroatoms. The maximum Gasteiger partial charge on any atom is 0.236 e. The molecule has 4 nitrogen and oxygen atoms in total. The molecule has 16 heavy (non-hydrogen) atoms. The zero-order valence-electron chi connectivity index (χ0n) is 10.4. The first kappa shape index (κ1) is 13.5. The average Bonchev–Trinajstić information content (AvgIpc) is 2.30. The molecule has 0 aromatic rings. The monoisotopic (exact) mass is 228 g/mol. The summed E-state index contributed by atoms with van der Waals surface area (Å²) in [6, 6.07) is 0.334. The van der Waals surface area contributed by atoms with E-state index in [2.05, 4.69) is 17.6 Å². The van der Waals surface area contributed by atoms with Crippen molar-refractivity contribution >= 4 is 5.91 Å². The first-order valence-corrected chi connectivity index (χ1v) is 6.35. The van der Waals surface area contributed by atoms with Crippen LogP contribution in [-0.2, 0) is 9.53 Å². The van der Waals surface area contributed by atoms with Crippen molar-refractivity contribution in [3.63, 3.8) is 0 Å². The van der Waals surface area contributed by atoms with Gasteiger partial charge >= 0.3 is 0 Å². The van der Waals surface area contributed by atoms with Gasteiger partial charge in [0.2, 0.25) is 5.91 Å². The number of nitrogens with one attached hydrogen (secondary N) is 2. The second-order valence-corrected chi connectivity index (χ2v) is 4.42. The molecule has 0 aliphatic carbocycles. The molecule has 0 spiro atoms. The first-order valence-electron chi connectivity index (χ1n) is 6.35. The van der Waals surface area contributed by atoms with Gasteiger partial charge in [0.15, 0.2) is 0 Å². The van der Waals surface area contributed by atoms with Crippen LogP contribution < -0.4 is 10.6 Å². The average molecular weight is 228 g/mol. The molecule has 1 saturated heterocycles. The minimum Gasteiger partial charge on any atom is -0.381 e. The Labute approximate surface area is 98.1 Å². The van der Waals surface area contributed by atoms with Crippen LogP contribution in [0, 0.1) is 0 Å². The molecule has 0 aromatic heterocycles. The first-order chi connectivity index (χ1) is 7.74. The van der Waals surface area contributed by atoms with Crippen molar-refractivity contribution in [1.29, 1.82) is 0 Å². The molecular formula is C12H24N2O2. The Kier molecular flexibility index (Phi) is 6.42. The van der Waals surface area contributed by atoms with Gasteiger partial charge in [-0.05, 0) is 26.2 Å². The van der Waals surface area contributed by atoms with E-state index in [-0.39, 0.29) is 11.9 Å². The predicted molar refractivity (Wildman–Crippen MR) is 64.4 cm³/mol. The second-order valence-electron chi connectivity index (χ2n) is 4.42. The molecule has 1 aliphatic rings. The van der Waals surface area contributed by atoms with E-state index in [9.17, 15) is 4.79 Å². The van der Waals surface area contributed by atoms with E-state index in [1.165, 1.54) is 0 Å². The van der Waals surface area contributed by atoms with Gasteiger partial charge in [-0.25, -0.2) is 0 Å². The maximum atomic E-state index is 11.7. The van der Waals surface area contributed by atoms with E-state index in [4.69, 9.17) is 4.74 Å². The molecule has 0 aromatic carbocycles. The van der Waals surface area contributed by atoms with Crippen LogP contribution in [0.5, 0.6) is 0 Å². The van der Waals surface area contributed by atoms with E-state index >= 15 is 0 Å². The van der Waals surface area contributed by atoms with Crippen molar-refractivity contribution in [2.45, 2.75) is 51.6 Å². The summed E-state index contributed by atoms with van der Waals surface area (Å²) in [5, 5.41) is 6.29. The van der Waals surface area contributed by atoms with Crippen molar-refractivity contribution in [2.24, 2.45) is 0 Å². The Morgan fingerprint density at radius 1 is 1.44 bits per heavy atom. The summed E-state index contributed by atoms with van der Waals surface area (Å²) in [7, 11) is 0. The number of unbranched alkanes of at least 4 members (excludes halogenated alkanes) is 1. The lowest BCUT2D eigenvalue weighted by atomic mass is 10.1. The number of amides is 1. The van der Waals surface area contributed by atoms with Gasteiger partial charge in [-0.1, -0.05) is 13.3 Å². The van der Waals surface area contributed by atoms with Crippen LogP contribution in [0.15, 0.2) is 0 Å². The summed E-state index contributed by atoms with van der Waals surface area (Å²) in [6.45, 7) is 6.45. The maximum absolute atomic E-state index is 11.7. The molecule has 1 unspecified atom stereocenters. The van der Waals surface area contributed by atoms with Gasteiger partial charge in [-0.2, -0.15) is 0 Å². The molecule has 0 radical (unpaired) electrons. The Balaban J connectivity index is 2.16. The molecule has 1 heterocycles. The molecule has 1 rings (SSSR count). The van der Waals surface area contributed by atoms with Crippen LogP contribution in [0.1, 0.15) is 39.5 Å². The van der Waals surface area contributed by atoms with Gasteiger partial charge < -0.3 is 15.4 Å². The van der Waals surface area contributed by atoms with Crippen LogP contribution >= 0.6 is 0 Å². The summed E-state index contributed by atoms with van der Waals surface area (Å²) in [5.74, 6) is 0.111. The molecule has 2 N–H and O–H groups in total. The lowest BCUT2D eigenvalue weighted by molar-refractivity contribution is -0.123. The number of carbonyl (C=O) groups is 1. The topological polar surface area (TPSA) is 50.4 Å². The molecule has 0 bridgehead atoms. The summed E-state index contributed by atoms with van der Waals surface area (Å²) >= 11 is 0. The third-order valence-corrected chi connectivity index (χ3v) is 2.93. The van der Waals surface area contributed by atoms with E-state index < -0.39 is 0 Å². The highest BCUT2D eigenvalue weighted by molar-refractivity contribution is 5.81. The zero-order chi connectivity index (χ0) is 11.8. The third-order valence-electron chi connectivity index (χ3n) is 2.93. The molecule has 94 valence electrons. The smallest absolute Gasteiger partial charge is 0.236 e. The molecule has 0 saturated carbocycles. The van der Waals surface area contributed by atoms with E-state index in [0.29, 0.717) is 6.04 Å². The summed E-state index contributed by atoms with van der Waals surface area (Å²) in [5.41, 5.74) is 0. The molecule has 1 fully saturated rings. The fourth-order valence-corrected chi connectivity index (χ4v) is 1.83. The Morgan fingerprint density at radius 3 is 2.75 bits per heavy atom. The highest BCUT2D eigenvalue weighted by Crippen LogP contribution is 2.06. The minimum atomic E-state index is -0.0973. The van der Waals surface area contributed by atoms with E-state index in [1.54, 1.807) is 0 Å². The Morgan fingerprint density at radius 2 is 2.12 bits per heavy atom. The van der Waals surface area contributed by atoms with E-state index in [1.807, 2.05) is 6.92 Å². The van der Waals surface area contributed by atoms with Crippen molar-refractivity contribution in [3.05, 3.63) is 0 Å². The summed E-state index contributed by atoms with van der Waals surface area (Å²) < 4.78 is 5.28. The molecular weight excluding hydrogens is 204 g/mol. The number of ether oxygens (including phenoxy) is 1. The van der Waals surface area contributed by atoms with Crippen LogP contribution in [0.3, 0.4) is 0 Å². The van der Waals surface area contributed by atoms with Gasteiger partial charge in [-0.15, -0.1) is 0 Å². The summed E-state index contributed by atoms with van der Waals surface area (Å²) in [4.78, 5) is 11.7. The van der Waals surface area contributed by atoms with Gasteiger partial charge in [0, 0.05) is 25.8 Å². The molecule has 1 aliphatic heterocycles. The second kappa shape index (κ2) is 7.63. The van der Waals surface area contributed by atoms with Crippen molar-refractivity contribution < 1.29 is 9.53 Å². The summed E-state index contributed by atoms with van der Waals surface area (Å²) in [6.07, 6.45) is 4.18. The number of hydrogen-bond acceptors (Lipinski definition) is 3. The molecule has 1 amide bonds. The van der Waals surface area contributed by atoms with Gasteiger partial charge in [0.25, 0.3) is 0 Å². The highest BCUT2D eigenvalue weighted by Gasteiger charge is 2.19. The van der Waals surface area contributed by atoms with Crippen LogP contribution in [0.4, 0.5) is 0 Å². The third kappa shape index (κ3) is 4.94. The lowest BCUT2D eigenvalue weighted by Gasteiger charge is -2.26. The Hall–Kier alpha value is -0.610. The minimum absolute atomic E-state index is 0.0973. The van der Waals surface area contributed by atoms with Crippen molar-refractivity contribution in [2.75, 3.05) is 19.8 Å². The van der Waals surface area contributed by atoms with Gasteiger partial charge in [-0.3, -0.25) is 4.79 Å². The quantitative estimate of drug-likeness (QED) is 0.668. The van der Waals surface area contributed by atoms with Crippen molar-refractivity contribution in [1.82, 2.24) is 10.6 Å². The van der Waals surface area contributed by atoms with Crippen LogP contribution in [0.2, 0.25) is 0 Å². The fraction of sp³-hybridized carbons (Fsp3) is 0.917. The van der Waals surface area contributed by atoms with Crippen LogP contribution in [0.25, 0.3) is 0 Å². The fourth-order valence-electron chi connectivity index (χ4n) is 1.83. The molecule has 1 atom stereocenters. The normalized spacial score (nSPS) is 19.4. The highest BCUT2D eigenvalue weighted by atomic mass is 16.5. The standard InChI is InChI=1S/C12H24N2O2/c1-3-4-7-13-12(15)10(2)14-11-5-8-16-9-6-11/h10-11,14H,3-9H2,1-2H3,(H,13,15). The van der Waals surface area contributed by atoms with E-state index in [0.717, 1.165) is 45.4 Å². The zero-order valence-corrected chi connectivity index (χ0v) is 10.4. The van der Waals surface area contributed by atoms with Gasteiger partial charge in [0.05, 0.1) is 6.04 Å². The Bertz CT molecular complexity index is 203. The SMILES string of the molecule is CCCCNC(=O)C(C)NC1CCOCC1. The number of carbonyl (C=O) groups excluding carboxylic acids is 1. The van der Waals surface area contributed by atoms with Crippen LogP contribution in [-0.4, -0.2) is 37.7 Å². The largest absolute Gasteiger partial charge is 0.381 e. The van der Waals surface area contributed by atoms with Gasteiger partial charge in [0.1, 0.15) is 0 Å². The lowest BCUT2D eigenvalue weighted by Crippen LogP contribution is -2.48. The predicted octanol–water partition coefficient (Wildman–Crippen LogP) is 1.06. The number of rotatable bonds is 6. The van der Waals surface area contributed by atoms with Crippen molar-refractivity contribution in [3.8, 4) is 0 Å². The number of hydrogen-bond donors (Lipinski definition) is 2.